The standard InChI is InChI=1S/C11H8.2Li/c1-9-5-4-7-10-6-2-3-8-11(9)10;;/h1-8H;;. The van der Waals surface area contributed by atoms with Gasteiger partial charge in [-0.1, -0.05) is 0 Å². The Hall–Kier alpha value is -0.105. The second kappa shape index (κ2) is 3.95. The van der Waals surface area contributed by atoms with Gasteiger partial charge in [-0.3, -0.25) is 0 Å². The molecular weight excluding hydrogens is 146 g/mol. The van der Waals surface area contributed by atoms with Crippen LogP contribution in [-0.4, -0.2) is 35.4 Å². The van der Waals surface area contributed by atoms with Crippen molar-refractivity contribution in [2.45, 2.75) is 3.26 Å². The molecule has 0 bridgehead atoms. The predicted octanol–water partition coefficient (Wildman–Crippen LogP) is 2.18. The maximum atomic E-state index is 2.24. The van der Waals surface area contributed by atoms with E-state index in [1.165, 1.54) is 16.3 Å². The first kappa shape index (κ1) is 9.45. The zero-order valence-electron chi connectivity index (χ0n) is 8.12. The summed E-state index contributed by atoms with van der Waals surface area (Å²) in [5.41, 5.74) is 1.44. The summed E-state index contributed by atoms with van der Waals surface area (Å²) in [5.74, 6) is 0. The van der Waals surface area contributed by atoms with Gasteiger partial charge in [0.15, 0.2) is 0 Å². The maximum absolute atomic E-state index is 2.24. The van der Waals surface area contributed by atoms with Gasteiger partial charge in [-0.05, 0) is 0 Å². The van der Waals surface area contributed by atoms with Crippen LogP contribution in [-0.2, 0) is 0 Å². The number of hydrogen-bond donors (Lipinski definition) is 0. The van der Waals surface area contributed by atoms with Crippen molar-refractivity contribution >= 4 is 46.2 Å². The molecule has 0 heterocycles. The second-order valence-corrected chi connectivity index (χ2v) is 3.72. The van der Waals surface area contributed by atoms with Crippen molar-refractivity contribution in [1.82, 2.24) is 0 Å². The van der Waals surface area contributed by atoms with Gasteiger partial charge in [0, 0.05) is 0 Å². The van der Waals surface area contributed by atoms with Gasteiger partial charge in [0.1, 0.15) is 0 Å². The van der Waals surface area contributed by atoms with Crippen LogP contribution >= 0.6 is 0 Å². The Labute approximate surface area is 97.1 Å². The Kier molecular flexibility index (Phi) is 2.87. The summed E-state index contributed by atoms with van der Waals surface area (Å²) in [6, 6.07) is 15.1. The van der Waals surface area contributed by atoms with Crippen LogP contribution in [0.1, 0.15) is 8.83 Å². The molecule has 0 aromatic heterocycles. The van der Waals surface area contributed by atoms with E-state index in [2.05, 4.69) is 77.9 Å². The van der Waals surface area contributed by atoms with Crippen LogP contribution in [0.25, 0.3) is 10.8 Å². The van der Waals surface area contributed by atoms with E-state index in [1.807, 2.05) is 0 Å². The first-order valence-electron chi connectivity index (χ1n) is 4.76. The zero-order chi connectivity index (χ0) is 9.26. The monoisotopic (exact) mass is 154 g/mol. The molecule has 0 nitrogen and oxygen atoms in total. The molecule has 0 saturated carbocycles. The van der Waals surface area contributed by atoms with Crippen molar-refractivity contribution in [3.8, 4) is 0 Å². The second-order valence-electron chi connectivity index (χ2n) is 3.72. The first-order chi connectivity index (χ1) is 6.29. The van der Waals surface area contributed by atoms with Crippen molar-refractivity contribution in [2.75, 3.05) is 0 Å². The summed E-state index contributed by atoms with van der Waals surface area (Å²) in [5, 5.41) is 2.73. The summed E-state index contributed by atoms with van der Waals surface area (Å²) in [6.07, 6.45) is 0. The fourth-order valence-electron chi connectivity index (χ4n) is 1.75. The third kappa shape index (κ3) is 1.88. The number of rotatable bonds is 1. The summed E-state index contributed by atoms with van der Waals surface area (Å²) in [6.45, 7) is 0. The minimum atomic E-state index is 0.603. The van der Waals surface area contributed by atoms with Gasteiger partial charge in [-0.25, -0.2) is 0 Å². The van der Waals surface area contributed by atoms with Gasteiger partial charge in [0.25, 0.3) is 0 Å². The van der Waals surface area contributed by atoms with Crippen molar-refractivity contribution in [1.29, 1.82) is 0 Å². The Morgan fingerprint density at radius 2 is 1.54 bits per heavy atom. The van der Waals surface area contributed by atoms with Crippen molar-refractivity contribution in [3.05, 3.63) is 48.0 Å². The van der Waals surface area contributed by atoms with E-state index in [-0.39, 0.29) is 0 Å². The van der Waals surface area contributed by atoms with Crippen molar-refractivity contribution in [3.63, 3.8) is 0 Å². The Bertz CT molecular complexity index is 416. The molecule has 0 N–H and O–H groups in total. The minimum absolute atomic E-state index is 0.603. The SMILES string of the molecule is [Li][CH]([Li])c1cccc2ccccc12. The summed E-state index contributed by atoms with van der Waals surface area (Å²) in [4.78, 5) is 0. The molecule has 0 saturated heterocycles. The van der Waals surface area contributed by atoms with E-state index in [4.69, 9.17) is 0 Å². The Balaban J connectivity index is 2.76. The average Bonchev–Trinajstić information content (AvgIpc) is 2.17. The van der Waals surface area contributed by atoms with Crippen molar-refractivity contribution < 1.29 is 0 Å². The van der Waals surface area contributed by atoms with E-state index >= 15 is 0 Å². The molecule has 54 valence electrons. The molecule has 0 atom stereocenters. The summed E-state index contributed by atoms with van der Waals surface area (Å²) < 4.78 is 0.603. The Morgan fingerprint density at radius 1 is 0.846 bits per heavy atom. The molecule has 2 aromatic carbocycles. The molecule has 2 heteroatoms. The van der Waals surface area contributed by atoms with Crippen LogP contribution in [0.3, 0.4) is 0 Å². The summed E-state index contributed by atoms with van der Waals surface area (Å²) >= 11 is 4.48. The van der Waals surface area contributed by atoms with E-state index in [9.17, 15) is 0 Å². The van der Waals surface area contributed by atoms with Crippen LogP contribution in [0, 0.1) is 0 Å². The molecule has 0 aliphatic rings. The quantitative estimate of drug-likeness (QED) is 0.552. The molecule has 0 fully saturated rings. The first-order valence-corrected chi connectivity index (χ1v) is 4.76. The molecule has 0 amide bonds. The Morgan fingerprint density at radius 3 is 2.31 bits per heavy atom. The van der Waals surface area contributed by atoms with Gasteiger partial charge in [-0.15, -0.1) is 0 Å². The fraction of sp³-hybridized carbons (Fsp3) is 0.0909. The van der Waals surface area contributed by atoms with E-state index in [1.54, 1.807) is 0 Å². The normalized spacial score (nSPS) is 11.2. The van der Waals surface area contributed by atoms with Crippen LogP contribution in [0.5, 0.6) is 0 Å². The molecule has 2 rings (SSSR count). The van der Waals surface area contributed by atoms with Crippen LogP contribution in [0.4, 0.5) is 0 Å². The van der Waals surface area contributed by atoms with E-state index in [0.717, 1.165) is 0 Å². The molecule has 0 aliphatic carbocycles. The fourth-order valence-corrected chi connectivity index (χ4v) is 1.75. The van der Waals surface area contributed by atoms with Gasteiger partial charge in [0.05, 0.1) is 0 Å². The van der Waals surface area contributed by atoms with Crippen molar-refractivity contribution in [2.24, 2.45) is 0 Å². The van der Waals surface area contributed by atoms with Gasteiger partial charge >= 0.3 is 97.5 Å². The number of fused-ring (bicyclic) bond motifs is 1. The van der Waals surface area contributed by atoms with Crippen LogP contribution in [0.2, 0.25) is 0 Å². The molecule has 2 aromatic rings. The summed E-state index contributed by atoms with van der Waals surface area (Å²) in [7, 11) is 0. The van der Waals surface area contributed by atoms with Gasteiger partial charge in [-0.2, -0.15) is 0 Å². The van der Waals surface area contributed by atoms with Gasteiger partial charge < -0.3 is 0 Å². The van der Waals surface area contributed by atoms with E-state index < -0.39 is 0 Å². The zero-order valence-corrected chi connectivity index (χ0v) is 8.12. The average molecular weight is 154 g/mol. The molecule has 13 heavy (non-hydrogen) atoms. The topological polar surface area (TPSA) is 0 Å². The number of hydrogen-bond acceptors (Lipinski definition) is 0. The van der Waals surface area contributed by atoms with Gasteiger partial charge in [0.2, 0.25) is 0 Å². The van der Waals surface area contributed by atoms with Crippen LogP contribution in [0.15, 0.2) is 42.5 Å². The number of benzene rings is 2. The molecule has 0 spiro atoms. The van der Waals surface area contributed by atoms with E-state index in [0.29, 0.717) is 3.26 Å². The molecular formula is C11H8Li2. The van der Waals surface area contributed by atoms with Crippen LogP contribution < -0.4 is 0 Å². The third-order valence-corrected chi connectivity index (χ3v) is 2.45. The molecule has 0 aliphatic heterocycles. The molecule has 0 unspecified atom stereocenters. The predicted molar refractivity (Wildman–Crippen MR) is 58.2 cm³/mol. The molecule has 0 radical (unpaired) electrons. The third-order valence-electron chi connectivity index (χ3n) is 2.45.